The van der Waals surface area contributed by atoms with Crippen LogP contribution in [0.5, 0.6) is 0 Å². The zero-order valence-electron chi connectivity index (χ0n) is 13.0. The van der Waals surface area contributed by atoms with Crippen LogP contribution in [0.15, 0.2) is 29.2 Å². The van der Waals surface area contributed by atoms with Crippen molar-refractivity contribution in [3.05, 3.63) is 34.7 Å². The maximum Gasteiger partial charge on any atom is 0.494 e. The van der Waals surface area contributed by atoms with Gasteiger partial charge in [0.25, 0.3) is 5.56 Å². The van der Waals surface area contributed by atoms with Crippen molar-refractivity contribution in [3.8, 4) is 0 Å². The van der Waals surface area contributed by atoms with E-state index in [2.05, 4.69) is 5.10 Å². The minimum atomic E-state index is -0.427. The van der Waals surface area contributed by atoms with Crippen LogP contribution in [0, 0.1) is 0 Å². The van der Waals surface area contributed by atoms with E-state index in [1.54, 1.807) is 19.3 Å². The van der Waals surface area contributed by atoms with E-state index >= 15 is 0 Å². The van der Waals surface area contributed by atoms with Gasteiger partial charge in [-0.2, -0.15) is 5.10 Å². The van der Waals surface area contributed by atoms with E-state index < -0.39 is 7.12 Å². The largest absolute Gasteiger partial charge is 0.494 e. The Morgan fingerprint density at radius 2 is 1.76 bits per heavy atom. The molecule has 0 spiro atoms. The van der Waals surface area contributed by atoms with E-state index in [9.17, 15) is 4.79 Å². The van der Waals surface area contributed by atoms with Crippen LogP contribution < -0.4 is 11.0 Å². The fraction of sp³-hybridized carbons (Fsp3) is 0.467. The number of fused-ring (bicyclic) bond motifs is 1. The molecule has 2 aromatic rings. The Morgan fingerprint density at radius 3 is 2.38 bits per heavy atom. The smallest absolute Gasteiger partial charge is 0.399 e. The summed E-state index contributed by atoms with van der Waals surface area (Å²) >= 11 is 0. The molecule has 1 saturated heterocycles. The quantitative estimate of drug-likeness (QED) is 0.740. The van der Waals surface area contributed by atoms with Crippen molar-refractivity contribution in [3.63, 3.8) is 0 Å². The molecule has 6 heteroatoms. The Balaban J connectivity index is 2.04. The number of benzene rings is 1. The van der Waals surface area contributed by atoms with E-state index in [1.165, 1.54) is 4.68 Å². The Morgan fingerprint density at radius 1 is 1.14 bits per heavy atom. The predicted octanol–water partition coefficient (Wildman–Crippen LogP) is 1.23. The molecule has 0 aliphatic carbocycles. The van der Waals surface area contributed by atoms with Gasteiger partial charge in [-0.05, 0) is 39.2 Å². The minimum Gasteiger partial charge on any atom is -0.399 e. The third-order valence-corrected chi connectivity index (χ3v) is 4.50. The normalized spacial score (nSPS) is 20.1. The molecule has 0 amide bonds. The average molecular weight is 286 g/mol. The first-order valence-electron chi connectivity index (χ1n) is 7.03. The minimum absolute atomic E-state index is 0.104. The highest BCUT2D eigenvalue weighted by atomic mass is 16.7. The molecule has 5 nitrogen and oxygen atoms in total. The highest BCUT2D eigenvalue weighted by molar-refractivity contribution is 6.62. The van der Waals surface area contributed by atoms with Crippen LogP contribution >= 0.6 is 0 Å². The van der Waals surface area contributed by atoms with Crippen molar-refractivity contribution in [1.29, 1.82) is 0 Å². The first-order valence-corrected chi connectivity index (χ1v) is 7.03. The molecule has 0 bridgehead atoms. The van der Waals surface area contributed by atoms with Crippen LogP contribution in [0.1, 0.15) is 27.7 Å². The van der Waals surface area contributed by atoms with Crippen molar-refractivity contribution < 1.29 is 9.31 Å². The van der Waals surface area contributed by atoms with E-state index in [0.29, 0.717) is 5.39 Å². The molecule has 3 rings (SSSR count). The van der Waals surface area contributed by atoms with Crippen LogP contribution in [-0.4, -0.2) is 28.1 Å². The lowest BCUT2D eigenvalue weighted by Gasteiger charge is -2.32. The van der Waals surface area contributed by atoms with E-state index in [0.717, 1.165) is 10.8 Å². The third kappa shape index (κ3) is 2.19. The van der Waals surface area contributed by atoms with Crippen molar-refractivity contribution in [2.24, 2.45) is 7.05 Å². The van der Waals surface area contributed by atoms with Gasteiger partial charge in [-0.3, -0.25) is 4.79 Å². The topological polar surface area (TPSA) is 53.4 Å². The molecule has 1 fully saturated rings. The molecule has 0 radical (unpaired) electrons. The monoisotopic (exact) mass is 286 g/mol. The van der Waals surface area contributed by atoms with Crippen molar-refractivity contribution >= 4 is 23.4 Å². The first kappa shape index (κ1) is 14.3. The van der Waals surface area contributed by atoms with Crippen LogP contribution in [0.25, 0.3) is 10.8 Å². The Bertz CT molecular complexity index is 751. The summed E-state index contributed by atoms with van der Waals surface area (Å²) < 4.78 is 13.4. The highest BCUT2D eigenvalue weighted by Gasteiger charge is 2.51. The van der Waals surface area contributed by atoms with Gasteiger partial charge >= 0.3 is 7.12 Å². The summed E-state index contributed by atoms with van der Waals surface area (Å²) in [5.74, 6) is 0. The van der Waals surface area contributed by atoms with Crippen molar-refractivity contribution in [2.45, 2.75) is 38.9 Å². The molecule has 0 saturated carbocycles. The van der Waals surface area contributed by atoms with Crippen molar-refractivity contribution in [2.75, 3.05) is 0 Å². The average Bonchev–Trinajstić information content (AvgIpc) is 2.63. The number of rotatable bonds is 1. The van der Waals surface area contributed by atoms with Gasteiger partial charge in [0, 0.05) is 12.4 Å². The van der Waals surface area contributed by atoms with Gasteiger partial charge in [0.1, 0.15) is 0 Å². The van der Waals surface area contributed by atoms with E-state index in [-0.39, 0.29) is 16.8 Å². The third-order valence-electron chi connectivity index (χ3n) is 4.50. The van der Waals surface area contributed by atoms with Gasteiger partial charge in [0.2, 0.25) is 0 Å². The van der Waals surface area contributed by atoms with Crippen LogP contribution in [0.4, 0.5) is 0 Å². The van der Waals surface area contributed by atoms with Gasteiger partial charge in [0.15, 0.2) is 0 Å². The number of hydrogen-bond donors (Lipinski definition) is 0. The fourth-order valence-electron chi connectivity index (χ4n) is 2.38. The number of nitrogens with zero attached hydrogens (tertiary/aromatic N) is 2. The molecule has 2 heterocycles. The number of aromatic nitrogens is 2. The summed E-state index contributed by atoms with van der Waals surface area (Å²) in [6.07, 6.45) is 1.69. The van der Waals surface area contributed by atoms with Gasteiger partial charge in [-0.25, -0.2) is 4.68 Å². The predicted molar refractivity (Wildman–Crippen MR) is 82.7 cm³/mol. The molecule has 0 unspecified atom stereocenters. The second kappa shape index (κ2) is 4.42. The fourth-order valence-corrected chi connectivity index (χ4v) is 2.38. The highest BCUT2D eigenvalue weighted by Crippen LogP contribution is 2.36. The molecule has 0 N–H and O–H groups in total. The number of aryl methyl sites for hydroxylation is 1. The molecule has 1 aromatic heterocycles. The Hall–Kier alpha value is -1.66. The molecule has 1 aliphatic heterocycles. The Labute approximate surface area is 124 Å². The molecular weight excluding hydrogens is 267 g/mol. The summed E-state index contributed by atoms with van der Waals surface area (Å²) in [6, 6.07) is 5.59. The lowest BCUT2D eigenvalue weighted by atomic mass is 9.78. The summed E-state index contributed by atoms with van der Waals surface area (Å²) in [7, 11) is 1.22. The van der Waals surface area contributed by atoms with Crippen LogP contribution in [-0.2, 0) is 16.4 Å². The van der Waals surface area contributed by atoms with Crippen LogP contribution in [0.3, 0.4) is 0 Å². The summed E-state index contributed by atoms with van der Waals surface area (Å²) in [6.45, 7) is 8.08. The van der Waals surface area contributed by atoms with Gasteiger partial charge in [-0.1, -0.05) is 12.1 Å². The number of hydrogen-bond acceptors (Lipinski definition) is 4. The second-order valence-corrected chi connectivity index (χ2v) is 6.51. The molecule has 21 heavy (non-hydrogen) atoms. The second-order valence-electron chi connectivity index (χ2n) is 6.51. The molecular formula is C15H19BN2O3. The first-order chi connectivity index (χ1) is 9.71. The summed E-state index contributed by atoms with van der Waals surface area (Å²) in [5.41, 5.74) is 0.0410. The van der Waals surface area contributed by atoms with Gasteiger partial charge in [-0.15, -0.1) is 0 Å². The maximum atomic E-state index is 12.0. The Kier molecular flexibility index (Phi) is 3.01. The molecule has 0 atom stereocenters. The zero-order chi connectivity index (χ0) is 15.4. The zero-order valence-corrected chi connectivity index (χ0v) is 13.0. The van der Waals surface area contributed by atoms with Crippen molar-refractivity contribution in [1.82, 2.24) is 9.78 Å². The molecule has 1 aliphatic rings. The maximum absolute atomic E-state index is 12.0. The van der Waals surface area contributed by atoms with Crippen LogP contribution in [0.2, 0.25) is 0 Å². The standard InChI is InChI=1S/C15H19BN2O3/c1-14(2)15(3,4)21-16(20-14)11-6-7-12-10(8-11)9-17-18(5)13(12)19/h6-9H,1-5H3. The van der Waals surface area contributed by atoms with Gasteiger partial charge in [0.05, 0.1) is 22.8 Å². The van der Waals surface area contributed by atoms with E-state index in [4.69, 9.17) is 9.31 Å². The SMILES string of the molecule is Cn1ncc2cc(B3OC(C)(C)C(C)(C)O3)ccc2c1=O. The summed E-state index contributed by atoms with van der Waals surface area (Å²) in [4.78, 5) is 12.0. The molecule has 110 valence electrons. The lowest BCUT2D eigenvalue weighted by Crippen LogP contribution is -2.41. The van der Waals surface area contributed by atoms with Gasteiger partial charge < -0.3 is 9.31 Å². The lowest BCUT2D eigenvalue weighted by molar-refractivity contribution is 0.00578. The molecule has 1 aromatic carbocycles. The summed E-state index contributed by atoms with van der Waals surface area (Å²) in [5, 5.41) is 5.50. The van der Waals surface area contributed by atoms with E-state index in [1.807, 2.05) is 39.8 Å².